The number of hydrogen-bond acceptors (Lipinski definition) is 3. The van der Waals surface area contributed by atoms with Gasteiger partial charge in [0.05, 0.1) is 5.57 Å². The number of esters is 1. The molecule has 1 N–H and O–H groups in total. The van der Waals surface area contributed by atoms with Crippen LogP contribution in [-0.2, 0) is 14.3 Å². The van der Waals surface area contributed by atoms with E-state index < -0.39 is 12.1 Å². The van der Waals surface area contributed by atoms with E-state index >= 15 is 0 Å². The SMILES string of the molecule is CC(=O)O[C@H]1C[C@@]2(C)C(CC[C@@H]3C2CCC2CCCC[C@@]23C)/C1=C(\C=C\C=C(C)C)C(=O)O. The van der Waals surface area contributed by atoms with Crippen LogP contribution in [0.15, 0.2) is 34.9 Å². The molecule has 0 spiro atoms. The Morgan fingerprint density at radius 3 is 2.33 bits per heavy atom. The number of hydrogen-bond donors (Lipinski definition) is 1. The molecule has 0 bridgehead atoms. The number of carbonyl (C=O) groups is 2. The molecule has 182 valence electrons. The van der Waals surface area contributed by atoms with Gasteiger partial charge in [0, 0.05) is 6.92 Å². The Morgan fingerprint density at radius 1 is 0.970 bits per heavy atom. The zero-order valence-electron chi connectivity index (χ0n) is 21.2. The van der Waals surface area contributed by atoms with Gasteiger partial charge < -0.3 is 9.84 Å². The molecule has 3 unspecified atom stereocenters. The summed E-state index contributed by atoms with van der Waals surface area (Å²) in [6.07, 6.45) is 15.9. The largest absolute Gasteiger partial charge is 0.478 e. The van der Waals surface area contributed by atoms with Crippen LogP contribution in [-0.4, -0.2) is 23.1 Å². The van der Waals surface area contributed by atoms with E-state index in [4.69, 9.17) is 4.74 Å². The van der Waals surface area contributed by atoms with Gasteiger partial charge in [0.1, 0.15) is 6.10 Å². The fraction of sp³-hybridized carbons (Fsp3) is 0.724. The molecule has 33 heavy (non-hydrogen) atoms. The number of rotatable bonds is 4. The summed E-state index contributed by atoms with van der Waals surface area (Å²) in [4.78, 5) is 24.5. The number of carboxylic acid groups (broad SMARTS) is 1. The van der Waals surface area contributed by atoms with Crippen molar-refractivity contribution in [3.8, 4) is 0 Å². The molecule has 4 aliphatic carbocycles. The second-order valence-corrected chi connectivity index (χ2v) is 12.0. The number of carboxylic acids is 1. The highest BCUT2D eigenvalue weighted by Gasteiger charge is 2.62. The number of carbonyl (C=O) groups excluding carboxylic acids is 1. The van der Waals surface area contributed by atoms with Gasteiger partial charge in [0.2, 0.25) is 0 Å². The summed E-state index contributed by atoms with van der Waals surface area (Å²) in [5, 5.41) is 10.2. The predicted molar refractivity (Wildman–Crippen MR) is 131 cm³/mol. The lowest BCUT2D eigenvalue weighted by atomic mass is 9.44. The Hall–Kier alpha value is -1.84. The molecule has 0 aliphatic heterocycles. The van der Waals surface area contributed by atoms with Crippen LogP contribution in [0.2, 0.25) is 0 Å². The van der Waals surface area contributed by atoms with Crippen LogP contribution in [0.5, 0.6) is 0 Å². The van der Waals surface area contributed by atoms with Crippen molar-refractivity contribution < 1.29 is 19.4 Å². The molecule has 0 aromatic heterocycles. The van der Waals surface area contributed by atoms with Crippen LogP contribution in [0, 0.1) is 34.5 Å². The fourth-order valence-corrected chi connectivity index (χ4v) is 8.52. The molecule has 4 rings (SSSR count). The Kier molecular flexibility index (Phi) is 6.68. The van der Waals surface area contributed by atoms with Crippen molar-refractivity contribution >= 4 is 11.9 Å². The normalized spacial score (nSPS) is 41.5. The van der Waals surface area contributed by atoms with Crippen LogP contribution in [0.1, 0.15) is 92.4 Å². The standard InChI is InChI=1S/C29H42O4/c1-18(2)9-8-11-21(27(31)32)26-24-15-14-22-23(29(24,5)17-25(26)33-19(3)30)13-12-20-10-6-7-16-28(20,22)4/h8-9,11,20,22-25H,6-7,10,12-17H2,1-5H3,(H,31,32)/b11-8+,26-21-/t20?,22-,23?,24?,25+,28+,29-/m1/s1. The second kappa shape index (κ2) is 9.07. The van der Waals surface area contributed by atoms with Crippen molar-refractivity contribution in [1.82, 2.24) is 0 Å². The molecular weight excluding hydrogens is 412 g/mol. The zero-order chi connectivity index (χ0) is 24.0. The minimum absolute atomic E-state index is 0.0190. The van der Waals surface area contributed by atoms with Crippen molar-refractivity contribution in [3.05, 3.63) is 34.9 Å². The van der Waals surface area contributed by atoms with Crippen molar-refractivity contribution in [3.63, 3.8) is 0 Å². The minimum atomic E-state index is -0.921. The smallest absolute Gasteiger partial charge is 0.335 e. The molecule has 4 aliphatic rings. The molecule has 0 aromatic carbocycles. The van der Waals surface area contributed by atoms with E-state index in [1.165, 1.54) is 51.9 Å². The topological polar surface area (TPSA) is 63.6 Å². The van der Waals surface area contributed by atoms with Crippen molar-refractivity contribution in [2.24, 2.45) is 34.5 Å². The molecule has 0 amide bonds. The lowest BCUT2D eigenvalue weighted by Crippen LogP contribution is -2.53. The van der Waals surface area contributed by atoms with Gasteiger partial charge in [-0.1, -0.05) is 44.4 Å². The van der Waals surface area contributed by atoms with E-state index in [0.717, 1.165) is 29.9 Å². The Balaban J connectivity index is 1.76. The highest BCUT2D eigenvalue weighted by Crippen LogP contribution is 2.68. The molecular formula is C29H42O4. The molecule has 4 nitrogen and oxygen atoms in total. The van der Waals surface area contributed by atoms with Gasteiger partial charge in [-0.3, -0.25) is 4.79 Å². The highest BCUT2D eigenvalue weighted by atomic mass is 16.5. The van der Waals surface area contributed by atoms with E-state index in [0.29, 0.717) is 22.8 Å². The van der Waals surface area contributed by atoms with Crippen molar-refractivity contribution in [2.75, 3.05) is 0 Å². The fourth-order valence-electron chi connectivity index (χ4n) is 8.52. The first-order valence-corrected chi connectivity index (χ1v) is 13.0. The molecule has 0 heterocycles. The summed E-state index contributed by atoms with van der Waals surface area (Å²) >= 11 is 0. The molecule has 7 atom stereocenters. The van der Waals surface area contributed by atoms with Gasteiger partial charge in [-0.2, -0.15) is 0 Å². The summed E-state index contributed by atoms with van der Waals surface area (Å²) in [7, 11) is 0. The number of fused-ring (bicyclic) bond motifs is 5. The van der Waals surface area contributed by atoms with Gasteiger partial charge in [-0.25, -0.2) is 4.79 Å². The first-order valence-electron chi connectivity index (χ1n) is 13.0. The van der Waals surface area contributed by atoms with Crippen LogP contribution in [0.25, 0.3) is 0 Å². The van der Waals surface area contributed by atoms with E-state index in [1.807, 2.05) is 26.0 Å². The first kappa shape index (κ1) is 24.3. The van der Waals surface area contributed by atoms with E-state index in [-0.39, 0.29) is 17.3 Å². The number of aliphatic carboxylic acids is 1. The maximum Gasteiger partial charge on any atom is 0.335 e. The lowest BCUT2D eigenvalue weighted by Gasteiger charge is -2.61. The number of allylic oxidation sites excluding steroid dienone is 3. The van der Waals surface area contributed by atoms with Crippen LogP contribution in [0.3, 0.4) is 0 Å². The summed E-state index contributed by atoms with van der Waals surface area (Å²) in [5.41, 5.74) is 2.69. The van der Waals surface area contributed by atoms with Crippen LogP contribution < -0.4 is 0 Å². The predicted octanol–water partition coefficient (Wildman–Crippen LogP) is 6.86. The molecule has 4 heteroatoms. The van der Waals surface area contributed by atoms with Crippen molar-refractivity contribution in [2.45, 2.75) is 98.5 Å². The van der Waals surface area contributed by atoms with Crippen molar-refractivity contribution in [1.29, 1.82) is 0 Å². The maximum atomic E-state index is 12.4. The molecule has 4 saturated carbocycles. The highest BCUT2D eigenvalue weighted by molar-refractivity contribution is 5.91. The first-order chi connectivity index (χ1) is 15.6. The summed E-state index contributed by atoms with van der Waals surface area (Å²) < 4.78 is 5.84. The quantitative estimate of drug-likeness (QED) is 0.286. The molecule has 0 saturated heterocycles. The van der Waals surface area contributed by atoms with Gasteiger partial charge in [0.25, 0.3) is 0 Å². The van der Waals surface area contributed by atoms with Gasteiger partial charge in [-0.05, 0) is 105 Å². The van der Waals surface area contributed by atoms with Crippen LogP contribution >= 0.6 is 0 Å². The second-order valence-electron chi connectivity index (χ2n) is 12.0. The number of ether oxygens (including phenoxy) is 1. The van der Waals surface area contributed by atoms with E-state index in [9.17, 15) is 14.7 Å². The maximum absolute atomic E-state index is 12.4. The summed E-state index contributed by atoms with van der Waals surface area (Å²) in [6.45, 7) is 10.4. The Labute approximate surface area is 199 Å². The summed E-state index contributed by atoms with van der Waals surface area (Å²) in [6, 6.07) is 0. The zero-order valence-corrected chi connectivity index (χ0v) is 21.2. The van der Waals surface area contributed by atoms with Crippen LogP contribution in [0.4, 0.5) is 0 Å². The van der Waals surface area contributed by atoms with E-state index in [2.05, 4.69) is 13.8 Å². The lowest BCUT2D eigenvalue weighted by molar-refractivity contribution is -0.146. The minimum Gasteiger partial charge on any atom is -0.478 e. The third kappa shape index (κ3) is 4.23. The monoisotopic (exact) mass is 454 g/mol. The Morgan fingerprint density at radius 2 is 1.67 bits per heavy atom. The third-order valence-corrected chi connectivity index (χ3v) is 9.91. The third-order valence-electron chi connectivity index (χ3n) is 9.91. The molecule has 4 fully saturated rings. The van der Waals surface area contributed by atoms with E-state index in [1.54, 1.807) is 6.08 Å². The molecule has 0 aromatic rings. The van der Waals surface area contributed by atoms with Gasteiger partial charge in [-0.15, -0.1) is 0 Å². The average Bonchev–Trinajstić information content (AvgIpc) is 3.01. The average molecular weight is 455 g/mol. The molecule has 0 radical (unpaired) electrons. The summed E-state index contributed by atoms with van der Waals surface area (Å²) in [5.74, 6) is 1.03. The Bertz CT molecular complexity index is 891. The van der Waals surface area contributed by atoms with Gasteiger partial charge >= 0.3 is 11.9 Å². The van der Waals surface area contributed by atoms with Gasteiger partial charge in [0.15, 0.2) is 0 Å².